The molecule has 2 heterocycles. The van der Waals surface area contributed by atoms with Gasteiger partial charge in [0.05, 0.1) is 37.8 Å². The maximum absolute atomic E-state index is 12.9. The fourth-order valence-electron chi connectivity index (χ4n) is 2.95. The average Bonchev–Trinajstić information content (AvgIpc) is 3.38. The van der Waals surface area contributed by atoms with Crippen LogP contribution in [0.2, 0.25) is 0 Å². The van der Waals surface area contributed by atoms with Crippen molar-refractivity contribution < 1.29 is 23.8 Å². The number of carbonyl (C=O) groups is 1. The summed E-state index contributed by atoms with van der Waals surface area (Å²) in [5, 5.41) is 11.4. The van der Waals surface area contributed by atoms with Crippen molar-refractivity contribution in [2.75, 3.05) is 27.4 Å². The molecule has 7 nitrogen and oxygen atoms in total. The van der Waals surface area contributed by atoms with Gasteiger partial charge in [-0.05, 0) is 30.5 Å². The number of ether oxygens (including phenoxy) is 2. The van der Waals surface area contributed by atoms with Crippen LogP contribution in [0.15, 0.2) is 40.1 Å². The van der Waals surface area contributed by atoms with Crippen LogP contribution in [0.25, 0.3) is 10.8 Å². The van der Waals surface area contributed by atoms with E-state index >= 15 is 0 Å². The fraction of sp³-hybridized carbons (Fsp3) is 0.333. The van der Waals surface area contributed by atoms with Crippen LogP contribution in [0, 0.1) is 6.92 Å². The van der Waals surface area contributed by atoms with Crippen LogP contribution in [0.5, 0.6) is 11.5 Å². The Morgan fingerprint density at radius 1 is 1.28 bits per heavy atom. The number of aryl methyl sites for hydroxylation is 1. The number of aliphatic hydroxyl groups excluding tert-OH is 1. The summed E-state index contributed by atoms with van der Waals surface area (Å²) in [6.07, 6.45) is 0.0964. The van der Waals surface area contributed by atoms with Gasteiger partial charge in [-0.1, -0.05) is 6.07 Å². The van der Waals surface area contributed by atoms with Gasteiger partial charge in [0.1, 0.15) is 17.3 Å². The molecule has 0 unspecified atom stereocenters. The Labute approximate surface area is 173 Å². The van der Waals surface area contributed by atoms with Crippen molar-refractivity contribution >= 4 is 17.2 Å². The number of oxazole rings is 1. The second kappa shape index (κ2) is 9.58. The highest BCUT2D eigenvalue weighted by Crippen LogP contribution is 2.28. The van der Waals surface area contributed by atoms with Gasteiger partial charge in [-0.15, -0.1) is 11.3 Å². The lowest BCUT2D eigenvalue weighted by atomic mass is 10.1. The Kier molecular flexibility index (Phi) is 6.90. The Morgan fingerprint density at radius 3 is 2.76 bits per heavy atom. The largest absolute Gasteiger partial charge is 0.497 e. The minimum absolute atomic E-state index is 0.0964. The SMILES string of the molecule is COc1ccc(CN(CCO)C(=O)Cc2nc(-c3cccs3)oc2C)c(OC)c1. The normalized spacial score (nSPS) is 10.8. The van der Waals surface area contributed by atoms with Crippen LogP contribution in [-0.2, 0) is 17.8 Å². The molecule has 0 saturated heterocycles. The fourth-order valence-corrected chi connectivity index (χ4v) is 3.60. The molecular formula is C21H24N2O5S. The summed E-state index contributed by atoms with van der Waals surface area (Å²) in [6.45, 7) is 2.18. The summed E-state index contributed by atoms with van der Waals surface area (Å²) in [5.41, 5.74) is 1.43. The quantitative estimate of drug-likeness (QED) is 0.576. The number of nitrogens with zero attached hydrogens (tertiary/aromatic N) is 2. The van der Waals surface area contributed by atoms with Gasteiger partial charge in [-0.2, -0.15) is 0 Å². The summed E-state index contributed by atoms with van der Waals surface area (Å²) in [4.78, 5) is 19.9. The molecule has 0 aliphatic rings. The zero-order valence-electron chi connectivity index (χ0n) is 16.7. The minimum Gasteiger partial charge on any atom is -0.497 e. The first-order valence-electron chi connectivity index (χ1n) is 9.15. The van der Waals surface area contributed by atoms with Crippen molar-refractivity contribution in [2.45, 2.75) is 19.9 Å². The molecule has 8 heteroatoms. The molecule has 29 heavy (non-hydrogen) atoms. The average molecular weight is 416 g/mol. The summed E-state index contributed by atoms with van der Waals surface area (Å²) in [6, 6.07) is 9.29. The van der Waals surface area contributed by atoms with Gasteiger partial charge in [0, 0.05) is 24.7 Å². The van der Waals surface area contributed by atoms with E-state index in [0.29, 0.717) is 35.4 Å². The van der Waals surface area contributed by atoms with Crippen molar-refractivity contribution in [3.05, 3.63) is 52.7 Å². The monoisotopic (exact) mass is 416 g/mol. The Hall–Kier alpha value is -2.84. The number of methoxy groups -OCH3 is 2. The molecule has 0 aliphatic heterocycles. The van der Waals surface area contributed by atoms with Crippen LogP contribution >= 0.6 is 11.3 Å². The minimum atomic E-state index is -0.147. The van der Waals surface area contributed by atoms with E-state index in [-0.39, 0.29) is 25.5 Å². The standard InChI is InChI=1S/C21H24N2O5S/c1-14-17(22-21(28-14)19-5-4-10-29-19)12-20(25)23(8-9-24)13-15-6-7-16(26-2)11-18(15)27-3/h4-7,10-11,24H,8-9,12-13H2,1-3H3. The van der Waals surface area contributed by atoms with Crippen molar-refractivity contribution in [2.24, 2.45) is 0 Å². The highest BCUT2D eigenvalue weighted by Gasteiger charge is 2.21. The Bertz CT molecular complexity index is 952. The second-order valence-corrected chi connectivity index (χ2v) is 7.34. The molecule has 0 radical (unpaired) electrons. The molecule has 0 spiro atoms. The first-order chi connectivity index (χ1) is 14.0. The Morgan fingerprint density at radius 2 is 2.10 bits per heavy atom. The van der Waals surface area contributed by atoms with Crippen LogP contribution in [0.4, 0.5) is 0 Å². The van der Waals surface area contributed by atoms with Crippen molar-refractivity contribution in [1.82, 2.24) is 9.88 Å². The zero-order valence-corrected chi connectivity index (χ0v) is 17.5. The third-order valence-electron chi connectivity index (χ3n) is 4.52. The number of hydrogen-bond donors (Lipinski definition) is 1. The number of rotatable bonds is 9. The van der Waals surface area contributed by atoms with E-state index in [1.165, 1.54) is 11.3 Å². The summed E-state index contributed by atoms with van der Waals surface area (Å²) in [7, 11) is 3.15. The van der Waals surface area contributed by atoms with Gasteiger partial charge < -0.3 is 23.9 Å². The smallest absolute Gasteiger partial charge is 0.236 e. The molecule has 1 amide bonds. The van der Waals surface area contributed by atoms with E-state index in [9.17, 15) is 9.90 Å². The van der Waals surface area contributed by atoms with Gasteiger partial charge in [0.15, 0.2) is 0 Å². The highest BCUT2D eigenvalue weighted by atomic mass is 32.1. The van der Waals surface area contributed by atoms with E-state index in [1.54, 1.807) is 32.1 Å². The zero-order chi connectivity index (χ0) is 20.8. The molecule has 2 aromatic heterocycles. The van der Waals surface area contributed by atoms with Crippen molar-refractivity contribution in [3.8, 4) is 22.3 Å². The number of aliphatic hydroxyl groups is 1. The summed E-state index contributed by atoms with van der Waals surface area (Å²) >= 11 is 1.53. The highest BCUT2D eigenvalue weighted by molar-refractivity contribution is 7.13. The lowest BCUT2D eigenvalue weighted by Crippen LogP contribution is -2.34. The molecule has 3 rings (SSSR count). The topological polar surface area (TPSA) is 85.0 Å². The number of aromatic nitrogens is 1. The molecule has 0 fully saturated rings. The maximum atomic E-state index is 12.9. The van der Waals surface area contributed by atoms with Crippen LogP contribution in [0.3, 0.4) is 0 Å². The molecule has 0 atom stereocenters. The van der Waals surface area contributed by atoms with Gasteiger partial charge in [-0.25, -0.2) is 4.98 Å². The molecule has 0 saturated carbocycles. The van der Waals surface area contributed by atoms with Crippen molar-refractivity contribution in [3.63, 3.8) is 0 Å². The summed E-state index contributed by atoms with van der Waals surface area (Å²) in [5.74, 6) is 2.28. The van der Waals surface area contributed by atoms with Crippen LogP contribution in [-0.4, -0.2) is 48.3 Å². The van der Waals surface area contributed by atoms with E-state index < -0.39 is 0 Å². The van der Waals surface area contributed by atoms with Gasteiger partial charge in [0.25, 0.3) is 0 Å². The van der Waals surface area contributed by atoms with Gasteiger partial charge >= 0.3 is 0 Å². The Balaban J connectivity index is 1.77. The molecular weight excluding hydrogens is 392 g/mol. The van der Waals surface area contributed by atoms with E-state index in [4.69, 9.17) is 13.9 Å². The molecule has 3 aromatic rings. The lowest BCUT2D eigenvalue weighted by molar-refractivity contribution is -0.131. The first kappa shape index (κ1) is 20.9. The maximum Gasteiger partial charge on any atom is 0.236 e. The predicted molar refractivity (Wildman–Crippen MR) is 110 cm³/mol. The first-order valence-corrected chi connectivity index (χ1v) is 10.0. The second-order valence-electron chi connectivity index (χ2n) is 6.39. The third-order valence-corrected chi connectivity index (χ3v) is 5.38. The molecule has 0 aliphatic carbocycles. The van der Waals surface area contributed by atoms with Crippen LogP contribution in [0.1, 0.15) is 17.0 Å². The van der Waals surface area contributed by atoms with E-state index in [0.717, 1.165) is 10.4 Å². The number of carbonyl (C=O) groups excluding carboxylic acids is 1. The van der Waals surface area contributed by atoms with Gasteiger partial charge in [0.2, 0.25) is 11.8 Å². The third kappa shape index (κ3) is 4.96. The van der Waals surface area contributed by atoms with E-state index in [2.05, 4.69) is 4.98 Å². The number of thiophene rings is 1. The molecule has 154 valence electrons. The molecule has 1 aromatic carbocycles. The summed E-state index contributed by atoms with van der Waals surface area (Å²) < 4.78 is 16.4. The van der Waals surface area contributed by atoms with Gasteiger partial charge in [-0.3, -0.25) is 4.79 Å². The van der Waals surface area contributed by atoms with E-state index in [1.807, 2.05) is 29.6 Å². The van der Waals surface area contributed by atoms with Crippen LogP contribution < -0.4 is 9.47 Å². The number of amides is 1. The number of hydrogen-bond acceptors (Lipinski definition) is 7. The van der Waals surface area contributed by atoms with Crippen molar-refractivity contribution in [1.29, 1.82) is 0 Å². The molecule has 1 N–H and O–H groups in total. The lowest BCUT2D eigenvalue weighted by Gasteiger charge is -2.23. The number of benzene rings is 1. The molecule has 0 bridgehead atoms. The predicted octanol–water partition coefficient (Wildman–Crippen LogP) is 3.29.